The number of carbonyl (C=O) groups excluding carboxylic acids is 3. The van der Waals surface area contributed by atoms with E-state index in [2.05, 4.69) is 20.3 Å². The van der Waals surface area contributed by atoms with Gasteiger partial charge in [-0.3, -0.25) is 24.0 Å². The van der Waals surface area contributed by atoms with Crippen LogP contribution in [0.5, 0.6) is 0 Å². The smallest absolute Gasteiger partial charge is 0.392 e. The van der Waals surface area contributed by atoms with E-state index in [9.17, 15) is 18.0 Å². The fourth-order valence-electron chi connectivity index (χ4n) is 13.6. The molecular formula is C56H65F3N10O10S2+2. The number of nitrogens with zero attached hydrogens (tertiary/aromatic N) is 10. The van der Waals surface area contributed by atoms with Crippen molar-refractivity contribution in [3.05, 3.63) is 142 Å². The van der Waals surface area contributed by atoms with Crippen LogP contribution in [0.15, 0.2) is 104 Å². The van der Waals surface area contributed by atoms with Crippen LogP contribution in [0, 0.1) is 55.4 Å². The van der Waals surface area contributed by atoms with Crippen LogP contribution in [-0.4, -0.2) is 170 Å². The predicted octanol–water partition coefficient (Wildman–Crippen LogP) is 6.06. The average molecular weight is 1160 g/mol. The van der Waals surface area contributed by atoms with Crippen LogP contribution in [0.3, 0.4) is 0 Å². The molecule has 25 heteroatoms. The summed E-state index contributed by atoms with van der Waals surface area (Å²) in [6.07, 6.45) is 1.13. The summed E-state index contributed by atoms with van der Waals surface area (Å²) >= 11 is 0. The summed E-state index contributed by atoms with van der Waals surface area (Å²) in [4.78, 5) is 55.3. The van der Waals surface area contributed by atoms with Gasteiger partial charge in [0.2, 0.25) is 26.5 Å². The summed E-state index contributed by atoms with van der Waals surface area (Å²) in [5.74, 6) is -5.00. The highest BCUT2D eigenvalue weighted by atomic mass is 32.2. The maximum absolute atomic E-state index is 16.8. The SMILES string of the molecule is Cc1ccc(C)c([N+]2([C@H]3CN(S(=O)(=O)c4c(C)noc4C)C[C@@H]3c3cccnc3)CCN(C(=O)C3(OC(=O)C(F)(F)F)CN(C=O)CC[N@+]3(c3cc(C)ccc3C)[C@H]3CN(S(=O)(=O)c4c(C)noc4C)C[C@@H]3c3cccnc3)CC2)c1. The molecule has 0 spiro atoms. The lowest BCUT2D eigenvalue weighted by Gasteiger charge is -2.59. The van der Waals surface area contributed by atoms with E-state index in [0.29, 0.717) is 23.1 Å². The highest BCUT2D eigenvalue weighted by Gasteiger charge is 2.73. The molecule has 0 aliphatic carbocycles. The Morgan fingerprint density at radius 3 is 1.64 bits per heavy atom. The molecule has 1 unspecified atom stereocenters. The summed E-state index contributed by atoms with van der Waals surface area (Å²) in [5, 5.41) is 7.88. The standard InChI is InChI=1S/C56H65F3N10O10S2/c1-35-13-15-37(3)47(25-35)68(49-31-66(29-45(49)43-11-9-17-60-27-43)80(73,74)51-39(5)62-78-41(51)7)22-20-65(21-23-68)53(71)55(77-54(72)56(57,58)59)33-64(34-70)19-24-69(55,48-26-36(2)14-16-38(48)4)50-32-67(30-46(50)44-12-10-18-61-28-44)81(75,76)52-40(6)63-79-42(52)8/h9-18,25-28,34,45-46,49-50H,19-24,29-33H2,1-8H3/q+2/t45-,46-,49+,50+,55?,69+/m1/s1. The van der Waals surface area contributed by atoms with Crippen molar-refractivity contribution in [1.29, 1.82) is 0 Å². The van der Waals surface area contributed by atoms with E-state index in [1.54, 1.807) is 69.6 Å². The number of halogens is 3. The zero-order valence-corrected chi connectivity index (χ0v) is 47.9. The van der Waals surface area contributed by atoms with Crippen LogP contribution in [0.4, 0.5) is 24.5 Å². The van der Waals surface area contributed by atoms with Crippen molar-refractivity contribution < 1.29 is 58.2 Å². The van der Waals surface area contributed by atoms with E-state index < -0.39 is 85.3 Å². The van der Waals surface area contributed by atoms with Crippen LogP contribution in [-0.2, 0) is 39.2 Å². The number of sulfonamides is 2. The number of amides is 2. The van der Waals surface area contributed by atoms with Crippen LogP contribution in [0.25, 0.3) is 0 Å². The highest BCUT2D eigenvalue weighted by molar-refractivity contribution is 7.89. The van der Waals surface area contributed by atoms with E-state index in [0.717, 1.165) is 27.3 Å². The third kappa shape index (κ3) is 9.61. The molecule has 2 aromatic carbocycles. The Bertz CT molecular complexity index is 3600. The van der Waals surface area contributed by atoms with E-state index in [4.69, 9.17) is 13.8 Å². The number of hydrogen-bond acceptors (Lipinski definition) is 14. The second-order valence-electron chi connectivity index (χ2n) is 22.1. The Balaban J connectivity index is 1.16. The number of pyridine rings is 2. The van der Waals surface area contributed by atoms with Gasteiger partial charge in [-0.1, -0.05) is 46.7 Å². The third-order valence-corrected chi connectivity index (χ3v) is 21.5. The lowest BCUT2D eigenvalue weighted by molar-refractivity contribution is -0.242. The topological polar surface area (TPSA) is 220 Å². The van der Waals surface area contributed by atoms with Crippen molar-refractivity contribution in [2.45, 2.75) is 101 Å². The molecule has 10 rings (SSSR count). The summed E-state index contributed by atoms with van der Waals surface area (Å²) in [7, 11) is -8.73. The normalized spacial score (nSPS) is 24.8. The molecule has 4 aromatic heterocycles. The van der Waals surface area contributed by atoms with Crippen LogP contribution >= 0.6 is 0 Å². The maximum Gasteiger partial charge on any atom is 0.491 e. The molecule has 0 bridgehead atoms. The van der Waals surface area contributed by atoms with Crippen molar-refractivity contribution in [2.24, 2.45) is 0 Å². The Hall–Kier alpha value is -6.90. The highest BCUT2D eigenvalue weighted by Crippen LogP contribution is 2.51. The monoisotopic (exact) mass is 1160 g/mol. The van der Waals surface area contributed by atoms with Gasteiger partial charge in [-0.05, 0) is 89.8 Å². The first-order valence-electron chi connectivity index (χ1n) is 26.7. The van der Waals surface area contributed by atoms with Gasteiger partial charge in [0.1, 0.15) is 70.8 Å². The molecule has 8 heterocycles. The Morgan fingerprint density at radius 2 is 1.17 bits per heavy atom. The van der Waals surface area contributed by atoms with Gasteiger partial charge in [0, 0.05) is 61.1 Å². The van der Waals surface area contributed by atoms with Gasteiger partial charge in [-0.25, -0.2) is 26.1 Å². The second kappa shape index (κ2) is 21.1. The first kappa shape index (κ1) is 57.3. The molecule has 0 radical (unpaired) electrons. The Morgan fingerprint density at radius 1 is 0.679 bits per heavy atom. The summed E-state index contributed by atoms with van der Waals surface area (Å²) in [5.41, 5.74) is 2.58. The predicted molar refractivity (Wildman–Crippen MR) is 290 cm³/mol. The Labute approximate surface area is 468 Å². The van der Waals surface area contributed by atoms with Gasteiger partial charge in [-0.15, -0.1) is 0 Å². The number of benzene rings is 2. The Kier molecular flexibility index (Phi) is 15.0. The van der Waals surface area contributed by atoms with Gasteiger partial charge in [0.25, 0.3) is 0 Å². The number of ether oxygens (including phenoxy) is 1. The molecule has 81 heavy (non-hydrogen) atoms. The molecular weight excluding hydrogens is 1090 g/mol. The van der Waals surface area contributed by atoms with Crippen molar-refractivity contribution in [1.82, 2.24) is 47.7 Å². The summed E-state index contributed by atoms with van der Waals surface area (Å²) in [6.45, 7) is 11.3. The molecule has 4 aliphatic rings. The van der Waals surface area contributed by atoms with Gasteiger partial charge in [0.15, 0.2) is 11.5 Å². The van der Waals surface area contributed by atoms with E-state index in [1.807, 2.05) is 38.1 Å². The molecule has 6 atom stereocenters. The lowest BCUT2D eigenvalue weighted by Crippen LogP contribution is -2.85. The third-order valence-electron chi connectivity index (χ3n) is 17.3. The number of aryl methyl sites for hydroxylation is 8. The number of hydrogen-bond donors (Lipinski definition) is 0. The minimum atomic E-state index is -5.67. The minimum Gasteiger partial charge on any atom is -0.392 e. The molecule has 4 fully saturated rings. The second-order valence-corrected chi connectivity index (χ2v) is 25.8. The van der Waals surface area contributed by atoms with Crippen LogP contribution in [0.1, 0.15) is 68.1 Å². The van der Waals surface area contributed by atoms with Crippen molar-refractivity contribution in [3.63, 3.8) is 0 Å². The fraction of sp³-hybridized carbons (Fsp3) is 0.446. The molecule has 4 saturated heterocycles. The zero-order valence-electron chi connectivity index (χ0n) is 46.3. The molecule has 20 nitrogen and oxygen atoms in total. The van der Waals surface area contributed by atoms with Crippen molar-refractivity contribution in [2.75, 3.05) is 72.0 Å². The molecule has 430 valence electrons. The van der Waals surface area contributed by atoms with Crippen molar-refractivity contribution in [3.8, 4) is 0 Å². The van der Waals surface area contributed by atoms with Gasteiger partial charge in [-0.2, -0.15) is 21.8 Å². The number of carbonyl (C=O) groups is 3. The maximum atomic E-state index is 16.8. The fourth-order valence-corrected chi connectivity index (χ4v) is 17.1. The molecule has 0 N–H and O–H groups in total. The van der Waals surface area contributed by atoms with E-state index in [-0.39, 0.29) is 102 Å². The number of quaternary nitrogens is 2. The van der Waals surface area contributed by atoms with Gasteiger partial charge < -0.3 is 23.6 Å². The molecule has 6 aromatic rings. The van der Waals surface area contributed by atoms with Gasteiger partial charge >= 0.3 is 23.8 Å². The number of esters is 1. The minimum absolute atomic E-state index is 0.00784. The van der Waals surface area contributed by atoms with Crippen LogP contribution < -0.4 is 8.97 Å². The number of alkyl halides is 3. The number of piperazine rings is 2. The average Bonchev–Trinajstić information content (AvgIpc) is 4.36. The molecule has 2 amide bonds. The van der Waals surface area contributed by atoms with E-state index in [1.165, 1.54) is 46.7 Å². The zero-order chi connectivity index (χ0) is 58.2. The summed E-state index contributed by atoms with van der Waals surface area (Å²) in [6, 6.07) is 16.5. The lowest BCUT2D eigenvalue weighted by atomic mass is 9.85. The first-order chi connectivity index (χ1) is 38.3. The van der Waals surface area contributed by atoms with Crippen molar-refractivity contribution >= 4 is 49.7 Å². The quantitative estimate of drug-likeness (QED) is 0.0729. The number of aromatic nitrogens is 4. The molecule has 0 saturated carbocycles. The largest absolute Gasteiger partial charge is 0.491 e. The summed E-state index contributed by atoms with van der Waals surface area (Å²) < 4.78 is 124. The van der Waals surface area contributed by atoms with Gasteiger partial charge in [0.05, 0.1) is 44.6 Å². The van der Waals surface area contributed by atoms with Crippen LogP contribution in [0.2, 0.25) is 0 Å². The first-order valence-corrected chi connectivity index (χ1v) is 29.5. The van der Waals surface area contributed by atoms with E-state index >= 15 is 26.4 Å². The molecule has 4 aliphatic heterocycles. The number of rotatable bonds is 13.